The Morgan fingerprint density at radius 1 is 1.29 bits per heavy atom. The number of nitrogens with one attached hydrogen (secondary N) is 2. The number of hydrogen-bond donors (Lipinski definition) is 2. The minimum atomic E-state index is 0.123. The van der Waals surface area contributed by atoms with Crippen molar-refractivity contribution in [3.8, 4) is 0 Å². The fraction of sp³-hybridized carbons (Fsp3) is 0.545. The van der Waals surface area contributed by atoms with Crippen molar-refractivity contribution in [1.29, 1.82) is 0 Å². The lowest BCUT2D eigenvalue weighted by molar-refractivity contribution is 0.374. The molecule has 3 heteroatoms. The van der Waals surface area contributed by atoms with Gasteiger partial charge in [-0.2, -0.15) is 0 Å². The van der Waals surface area contributed by atoms with Gasteiger partial charge in [0.15, 0.2) is 0 Å². The fourth-order valence-electron chi connectivity index (χ4n) is 1.35. The number of aromatic nitrogens is 1. The summed E-state index contributed by atoms with van der Waals surface area (Å²) in [4.78, 5) is 3.99. The molecule has 0 fully saturated rings. The summed E-state index contributed by atoms with van der Waals surface area (Å²) in [6, 6.07) is 4.06. The minimum absolute atomic E-state index is 0.123. The Hall–Kier alpha value is -0.930. The van der Waals surface area contributed by atoms with Crippen LogP contribution in [0.4, 0.5) is 0 Å². The lowest BCUT2D eigenvalue weighted by Gasteiger charge is -2.26. The van der Waals surface area contributed by atoms with Crippen LogP contribution in [0.2, 0.25) is 0 Å². The Morgan fingerprint density at radius 2 is 1.93 bits per heavy atom. The van der Waals surface area contributed by atoms with Crippen molar-refractivity contribution in [3.05, 3.63) is 30.1 Å². The smallest absolute Gasteiger partial charge is 0.0271 e. The van der Waals surface area contributed by atoms with Crippen LogP contribution in [0.25, 0.3) is 0 Å². The van der Waals surface area contributed by atoms with Crippen molar-refractivity contribution in [2.75, 3.05) is 13.6 Å². The molecule has 0 aliphatic heterocycles. The summed E-state index contributed by atoms with van der Waals surface area (Å²) >= 11 is 0. The topological polar surface area (TPSA) is 37.0 Å². The van der Waals surface area contributed by atoms with Gasteiger partial charge in [0.2, 0.25) is 0 Å². The van der Waals surface area contributed by atoms with Crippen molar-refractivity contribution in [2.45, 2.75) is 25.9 Å². The van der Waals surface area contributed by atoms with Crippen LogP contribution >= 0.6 is 0 Å². The molecule has 1 aromatic rings. The molecule has 0 aliphatic rings. The highest BCUT2D eigenvalue weighted by molar-refractivity contribution is 5.09. The van der Waals surface area contributed by atoms with Gasteiger partial charge in [-0.3, -0.25) is 4.98 Å². The van der Waals surface area contributed by atoms with E-state index in [1.807, 2.05) is 31.6 Å². The van der Waals surface area contributed by atoms with Gasteiger partial charge in [-0.1, -0.05) is 0 Å². The summed E-state index contributed by atoms with van der Waals surface area (Å²) in [6.07, 6.45) is 3.64. The Kier molecular flexibility index (Phi) is 4.04. The first kappa shape index (κ1) is 11.1. The molecule has 0 bridgehead atoms. The van der Waals surface area contributed by atoms with Crippen molar-refractivity contribution >= 4 is 0 Å². The fourth-order valence-corrected chi connectivity index (χ4v) is 1.35. The van der Waals surface area contributed by atoms with Crippen molar-refractivity contribution in [2.24, 2.45) is 0 Å². The molecule has 14 heavy (non-hydrogen) atoms. The van der Waals surface area contributed by atoms with E-state index in [-0.39, 0.29) is 5.54 Å². The zero-order valence-electron chi connectivity index (χ0n) is 9.17. The van der Waals surface area contributed by atoms with Crippen molar-refractivity contribution < 1.29 is 0 Å². The molecule has 0 amide bonds. The van der Waals surface area contributed by atoms with Crippen LogP contribution in [0, 0.1) is 0 Å². The zero-order chi connectivity index (χ0) is 10.4. The van der Waals surface area contributed by atoms with E-state index in [4.69, 9.17) is 0 Å². The first-order valence-electron chi connectivity index (χ1n) is 4.92. The third-order valence-corrected chi connectivity index (χ3v) is 2.14. The number of likely N-dealkylation sites (N-methyl/N-ethyl adjacent to an activating group) is 1. The van der Waals surface area contributed by atoms with E-state index < -0.39 is 0 Å². The average Bonchev–Trinajstić information content (AvgIpc) is 2.17. The third kappa shape index (κ3) is 3.85. The molecule has 0 saturated heterocycles. The van der Waals surface area contributed by atoms with E-state index in [0.29, 0.717) is 0 Å². The quantitative estimate of drug-likeness (QED) is 0.737. The van der Waals surface area contributed by atoms with Gasteiger partial charge >= 0.3 is 0 Å². The van der Waals surface area contributed by atoms with Crippen molar-refractivity contribution in [1.82, 2.24) is 15.6 Å². The Bertz CT molecular complexity index is 256. The number of hydrogen-bond acceptors (Lipinski definition) is 3. The van der Waals surface area contributed by atoms with Crippen LogP contribution < -0.4 is 10.6 Å². The molecule has 1 aromatic heterocycles. The maximum atomic E-state index is 3.99. The van der Waals surface area contributed by atoms with E-state index in [9.17, 15) is 0 Å². The Morgan fingerprint density at radius 3 is 2.50 bits per heavy atom. The second-order valence-corrected chi connectivity index (χ2v) is 4.12. The maximum absolute atomic E-state index is 3.99. The molecular formula is C11H19N3. The van der Waals surface area contributed by atoms with Gasteiger partial charge in [-0.05, 0) is 38.6 Å². The van der Waals surface area contributed by atoms with Crippen LogP contribution in [-0.2, 0) is 6.54 Å². The first-order valence-corrected chi connectivity index (χ1v) is 4.92. The summed E-state index contributed by atoms with van der Waals surface area (Å²) < 4.78 is 0. The van der Waals surface area contributed by atoms with Crippen LogP contribution in [0.5, 0.6) is 0 Å². The summed E-state index contributed by atoms with van der Waals surface area (Å²) in [7, 11) is 1.97. The largest absolute Gasteiger partial charge is 0.318 e. The lowest BCUT2D eigenvalue weighted by Crippen LogP contribution is -2.46. The number of rotatable bonds is 5. The average molecular weight is 193 g/mol. The second kappa shape index (κ2) is 5.08. The molecule has 3 nitrogen and oxygen atoms in total. The molecule has 0 saturated carbocycles. The SMILES string of the molecule is CNCC(C)(C)NCc1ccncc1. The van der Waals surface area contributed by atoms with Crippen LogP contribution in [0.1, 0.15) is 19.4 Å². The summed E-state index contributed by atoms with van der Waals surface area (Å²) in [6.45, 7) is 6.21. The van der Waals surface area contributed by atoms with Crippen LogP contribution in [0.3, 0.4) is 0 Å². The summed E-state index contributed by atoms with van der Waals surface area (Å²) in [5.41, 5.74) is 1.39. The van der Waals surface area contributed by atoms with Gasteiger partial charge in [0, 0.05) is 31.0 Å². The van der Waals surface area contributed by atoms with Crippen LogP contribution in [-0.4, -0.2) is 24.1 Å². The molecule has 0 aliphatic carbocycles. The highest BCUT2D eigenvalue weighted by atomic mass is 15.0. The van der Waals surface area contributed by atoms with E-state index in [1.165, 1.54) is 5.56 Å². The normalized spacial score (nSPS) is 11.6. The molecule has 2 N–H and O–H groups in total. The molecule has 0 unspecified atom stereocenters. The van der Waals surface area contributed by atoms with Crippen LogP contribution in [0.15, 0.2) is 24.5 Å². The molecule has 0 aromatic carbocycles. The summed E-state index contributed by atoms with van der Waals surface area (Å²) in [5, 5.41) is 6.66. The number of pyridine rings is 1. The monoisotopic (exact) mass is 193 g/mol. The first-order chi connectivity index (χ1) is 6.64. The van der Waals surface area contributed by atoms with Crippen molar-refractivity contribution in [3.63, 3.8) is 0 Å². The molecule has 0 atom stereocenters. The van der Waals surface area contributed by atoms with E-state index >= 15 is 0 Å². The second-order valence-electron chi connectivity index (χ2n) is 4.12. The molecule has 1 heterocycles. The highest BCUT2D eigenvalue weighted by Gasteiger charge is 2.14. The van der Waals surface area contributed by atoms with Gasteiger partial charge in [-0.15, -0.1) is 0 Å². The van der Waals surface area contributed by atoms with Gasteiger partial charge in [0.05, 0.1) is 0 Å². The van der Waals surface area contributed by atoms with Gasteiger partial charge in [-0.25, -0.2) is 0 Å². The molecule has 78 valence electrons. The Balaban J connectivity index is 2.40. The molecule has 1 rings (SSSR count). The summed E-state index contributed by atoms with van der Waals surface area (Å²) in [5.74, 6) is 0. The molecule has 0 spiro atoms. The van der Waals surface area contributed by atoms with E-state index in [2.05, 4.69) is 29.5 Å². The predicted molar refractivity (Wildman–Crippen MR) is 59.1 cm³/mol. The van der Waals surface area contributed by atoms with Gasteiger partial charge in [0.1, 0.15) is 0 Å². The minimum Gasteiger partial charge on any atom is -0.318 e. The standard InChI is InChI=1S/C11H19N3/c1-11(2,9-12-3)14-8-10-4-6-13-7-5-10/h4-7,12,14H,8-9H2,1-3H3. The molecule has 0 radical (unpaired) electrons. The lowest BCUT2D eigenvalue weighted by atomic mass is 10.1. The van der Waals surface area contributed by atoms with Gasteiger partial charge < -0.3 is 10.6 Å². The highest BCUT2D eigenvalue weighted by Crippen LogP contribution is 2.03. The maximum Gasteiger partial charge on any atom is 0.0271 e. The Labute approximate surface area is 85.9 Å². The third-order valence-electron chi connectivity index (χ3n) is 2.14. The van der Waals surface area contributed by atoms with Gasteiger partial charge in [0.25, 0.3) is 0 Å². The molecular weight excluding hydrogens is 174 g/mol. The van der Waals surface area contributed by atoms with E-state index in [1.54, 1.807) is 0 Å². The zero-order valence-corrected chi connectivity index (χ0v) is 9.17. The van der Waals surface area contributed by atoms with E-state index in [0.717, 1.165) is 13.1 Å². The predicted octanol–water partition coefficient (Wildman–Crippen LogP) is 1.17. The number of nitrogens with zero attached hydrogens (tertiary/aromatic N) is 1.